The standard InChI is InChI=1S/C12H18N2O4/c1-8(11(16)13-4-2-3-5-13)14-7-9(12(17)18)6-10(14)15/h8-9H,2-7H2,1H3,(H,17,18). The van der Waals surface area contributed by atoms with E-state index in [9.17, 15) is 14.4 Å². The zero-order valence-electron chi connectivity index (χ0n) is 10.5. The molecule has 2 fully saturated rings. The molecule has 2 unspecified atom stereocenters. The molecule has 2 aliphatic heterocycles. The molecule has 0 saturated carbocycles. The van der Waals surface area contributed by atoms with E-state index in [1.165, 1.54) is 4.90 Å². The molecule has 0 aromatic heterocycles. The number of carboxylic acids is 1. The van der Waals surface area contributed by atoms with E-state index in [0.29, 0.717) is 0 Å². The molecule has 0 aromatic rings. The van der Waals surface area contributed by atoms with E-state index < -0.39 is 17.9 Å². The average molecular weight is 254 g/mol. The van der Waals surface area contributed by atoms with Gasteiger partial charge >= 0.3 is 5.97 Å². The summed E-state index contributed by atoms with van der Waals surface area (Å²) in [5.41, 5.74) is 0. The first kappa shape index (κ1) is 12.9. The summed E-state index contributed by atoms with van der Waals surface area (Å²) in [5.74, 6) is -1.94. The van der Waals surface area contributed by atoms with Crippen LogP contribution in [0.15, 0.2) is 0 Å². The normalized spacial score (nSPS) is 25.6. The zero-order chi connectivity index (χ0) is 13.3. The lowest BCUT2D eigenvalue weighted by Gasteiger charge is -2.27. The molecule has 1 N–H and O–H groups in total. The summed E-state index contributed by atoms with van der Waals surface area (Å²) >= 11 is 0. The minimum absolute atomic E-state index is 0.00690. The molecule has 6 heteroatoms. The number of carbonyl (C=O) groups excluding carboxylic acids is 2. The van der Waals surface area contributed by atoms with Crippen LogP contribution in [0.4, 0.5) is 0 Å². The van der Waals surface area contributed by atoms with Gasteiger partial charge in [-0.2, -0.15) is 0 Å². The minimum Gasteiger partial charge on any atom is -0.481 e. The van der Waals surface area contributed by atoms with Gasteiger partial charge in [-0.3, -0.25) is 14.4 Å². The Morgan fingerprint density at radius 3 is 2.44 bits per heavy atom. The lowest BCUT2D eigenvalue weighted by molar-refractivity contribution is -0.142. The monoisotopic (exact) mass is 254 g/mol. The number of nitrogens with zero attached hydrogens (tertiary/aromatic N) is 2. The van der Waals surface area contributed by atoms with Gasteiger partial charge in [-0.1, -0.05) is 0 Å². The van der Waals surface area contributed by atoms with Gasteiger partial charge in [-0.05, 0) is 19.8 Å². The quantitative estimate of drug-likeness (QED) is 0.764. The summed E-state index contributed by atoms with van der Waals surface area (Å²) in [6.45, 7) is 3.32. The molecule has 2 heterocycles. The van der Waals surface area contributed by atoms with E-state index in [4.69, 9.17) is 5.11 Å². The Bertz CT molecular complexity index is 376. The van der Waals surface area contributed by atoms with Crippen LogP contribution >= 0.6 is 0 Å². The van der Waals surface area contributed by atoms with Crippen molar-refractivity contribution >= 4 is 17.8 Å². The number of amides is 2. The highest BCUT2D eigenvalue weighted by Crippen LogP contribution is 2.22. The summed E-state index contributed by atoms with van der Waals surface area (Å²) in [7, 11) is 0. The average Bonchev–Trinajstić information content (AvgIpc) is 2.95. The van der Waals surface area contributed by atoms with Crippen LogP contribution in [0.25, 0.3) is 0 Å². The molecule has 6 nitrogen and oxygen atoms in total. The highest BCUT2D eigenvalue weighted by Gasteiger charge is 2.39. The van der Waals surface area contributed by atoms with Gasteiger partial charge in [0.1, 0.15) is 6.04 Å². The minimum atomic E-state index is -0.966. The predicted molar refractivity (Wildman–Crippen MR) is 62.7 cm³/mol. The maximum Gasteiger partial charge on any atom is 0.308 e. The lowest BCUT2D eigenvalue weighted by Crippen LogP contribution is -2.47. The second-order valence-corrected chi connectivity index (χ2v) is 4.99. The van der Waals surface area contributed by atoms with Crippen molar-refractivity contribution in [1.29, 1.82) is 0 Å². The zero-order valence-corrected chi connectivity index (χ0v) is 10.5. The second-order valence-electron chi connectivity index (χ2n) is 4.99. The van der Waals surface area contributed by atoms with Gasteiger partial charge in [0.15, 0.2) is 0 Å². The Morgan fingerprint density at radius 2 is 1.94 bits per heavy atom. The Balaban J connectivity index is 2.00. The smallest absolute Gasteiger partial charge is 0.308 e. The van der Waals surface area contributed by atoms with Crippen LogP contribution in [-0.4, -0.2) is 58.4 Å². The predicted octanol–water partition coefficient (Wildman–Crippen LogP) is -0.0696. The van der Waals surface area contributed by atoms with Crippen LogP contribution in [0.2, 0.25) is 0 Å². The molecular formula is C12H18N2O4. The molecule has 2 amide bonds. The van der Waals surface area contributed by atoms with E-state index >= 15 is 0 Å². The molecule has 0 bridgehead atoms. The Labute approximate surface area is 106 Å². The van der Waals surface area contributed by atoms with E-state index in [0.717, 1.165) is 25.9 Å². The summed E-state index contributed by atoms with van der Waals surface area (Å²) in [4.78, 5) is 37.9. The molecule has 2 aliphatic rings. The lowest BCUT2D eigenvalue weighted by atomic mass is 10.1. The van der Waals surface area contributed by atoms with E-state index in [1.807, 2.05) is 0 Å². The van der Waals surface area contributed by atoms with Crippen LogP contribution in [0.3, 0.4) is 0 Å². The molecule has 0 aliphatic carbocycles. The van der Waals surface area contributed by atoms with Crippen LogP contribution in [0.1, 0.15) is 26.2 Å². The van der Waals surface area contributed by atoms with Crippen LogP contribution in [0.5, 0.6) is 0 Å². The maximum atomic E-state index is 12.1. The molecule has 0 aromatic carbocycles. The van der Waals surface area contributed by atoms with Gasteiger partial charge in [0, 0.05) is 26.1 Å². The molecule has 2 atom stereocenters. The third-order valence-electron chi connectivity index (χ3n) is 3.75. The molecule has 2 saturated heterocycles. The summed E-state index contributed by atoms with van der Waals surface area (Å²) in [5, 5.41) is 8.91. The first-order valence-electron chi connectivity index (χ1n) is 6.31. The van der Waals surface area contributed by atoms with Gasteiger partial charge in [-0.15, -0.1) is 0 Å². The third-order valence-corrected chi connectivity index (χ3v) is 3.75. The Morgan fingerprint density at radius 1 is 1.33 bits per heavy atom. The fourth-order valence-corrected chi connectivity index (χ4v) is 2.61. The SMILES string of the molecule is CC(C(=O)N1CCCC1)N1CC(C(=O)O)CC1=O. The number of carbonyl (C=O) groups is 3. The maximum absolute atomic E-state index is 12.1. The van der Waals surface area contributed by atoms with Gasteiger partial charge in [0.2, 0.25) is 11.8 Å². The van der Waals surface area contributed by atoms with Gasteiger partial charge in [0.05, 0.1) is 5.92 Å². The molecule has 0 radical (unpaired) electrons. The number of likely N-dealkylation sites (tertiary alicyclic amines) is 2. The number of hydrogen-bond acceptors (Lipinski definition) is 3. The van der Waals surface area contributed by atoms with E-state index in [1.54, 1.807) is 11.8 Å². The number of hydrogen-bond donors (Lipinski definition) is 1. The number of rotatable bonds is 3. The van der Waals surface area contributed by atoms with E-state index in [2.05, 4.69) is 0 Å². The molecular weight excluding hydrogens is 236 g/mol. The van der Waals surface area contributed by atoms with Crippen molar-refractivity contribution < 1.29 is 19.5 Å². The highest BCUT2D eigenvalue weighted by molar-refractivity contribution is 5.91. The number of aliphatic carboxylic acids is 1. The largest absolute Gasteiger partial charge is 0.481 e. The van der Waals surface area contributed by atoms with Crippen LogP contribution < -0.4 is 0 Å². The van der Waals surface area contributed by atoms with E-state index in [-0.39, 0.29) is 24.8 Å². The molecule has 2 rings (SSSR count). The molecule has 0 spiro atoms. The van der Waals surface area contributed by atoms with Crippen molar-refractivity contribution in [1.82, 2.24) is 9.80 Å². The third kappa shape index (κ3) is 2.32. The van der Waals surface area contributed by atoms with Crippen molar-refractivity contribution in [3.63, 3.8) is 0 Å². The van der Waals surface area contributed by atoms with Crippen molar-refractivity contribution in [3.05, 3.63) is 0 Å². The van der Waals surface area contributed by atoms with Gasteiger partial charge in [-0.25, -0.2) is 0 Å². The Kier molecular flexibility index (Phi) is 3.54. The van der Waals surface area contributed by atoms with Crippen LogP contribution in [0, 0.1) is 5.92 Å². The molecule has 100 valence electrons. The van der Waals surface area contributed by atoms with Crippen molar-refractivity contribution in [2.75, 3.05) is 19.6 Å². The first-order chi connectivity index (χ1) is 8.50. The number of carboxylic acid groups (broad SMARTS) is 1. The highest BCUT2D eigenvalue weighted by atomic mass is 16.4. The molecule has 18 heavy (non-hydrogen) atoms. The topological polar surface area (TPSA) is 77.9 Å². The van der Waals surface area contributed by atoms with Crippen molar-refractivity contribution in [3.8, 4) is 0 Å². The first-order valence-corrected chi connectivity index (χ1v) is 6.31. The Hall–Kier alpha value is -1.59. The summed E-state index contributed by atoms with van der Waals surface area (Å²) in [6.07, 6.45) is 2.02. The summed E-state index contributed by atoms with van der Waals surface area (Å²) < 4.78 is 0. The van der Waals surface area contributed by atoms with Crippen molar-refractivity contribution in [2.45, 2.75) is 32.2 Å². The van der Waals surface area contributed by atoms with Crippen molar-refractivity contribution in [2.24, 2.45) is 5.92 Å². The summed E-state index contributed by atoms with van der Waals surface area (Å²) in [6, 6.07) is -0.542. The van der Waals surface area contributed by atoms with Gasteiger partial charge in [0.25, 0.3) is 0 Å². The van der Waals surface area contributed by atoms with Gasteiger partial charge < -0.3 is 14.9 Å². The second kappa shape index (κ2) is 4.96. The fourth-order valence-electron chi connectivity index (χ4n) is 2.61. The van der Waals surface area contributed by atoms with Crippen LogP contribution in [-0.2, 0) is 14.4 Å². The fraction of sp³-hybridized carbons (Fsp3) is 0.750.